The summed E-state index contributed by atoms with van der Waals surface area (Å²) in [6.45, 7) is 3.54. The van der Waals surface area contributed by atoms with Gasteiger partial charge in [0, 0.05) is 24.7 Å². The molecule has 4 nitrogen and oxygen atoms in total. The molecule has 120 valence electrons. The number of nitrogens with zero attached hydrogens (tertiary/aromatic N) is 1. The lowest BCUT2D eigenvalue weighted by Gasteiger charge is -2.18. The largest absolute Gasteiger partial charge is 0.497 e. The molecular formula is C19H22N2O2. The van der Waals surface area contributed by atoms with Crippen LogP contribution in [0.25, 0.3) is 0 Å². The van der Waals surface area contributed by atoms with Crippen LogP contribution in [0.5, 0.6) is 5.75 Å². The van der Waals surface area contributed by atoms with E-state index in [1.54, 1.807) is 7.11 Å². The van der Waals surface area contributed by atoms with Gasteiger partial charge in [0.2, 0.25) is 0 Å². The van der Waals surface area contributed by atoms with Crippen molar-refractivity contribution in [3.8, 4) is 5.75 Å². The number of carbonyl (C=O) groups excluding carboxylic acids is 1. The molecule has 1 saturated heterocycles. The molecule has 0 radical (unpaired) electrons. The fraction of sp³-hybridized carbons (Fsp3) is 0.316. The molecule has 0 aliphatic carbocycles. The standard InChI is InChI=1S/C19H22N2O2/c1-14-5-3-4-6-18(14)20-19(22)21-12-11-16(13-21)15-7-9-17(23-2)10-8-15/h3-10,16H,11-13H2,1-2H3,(H,20,22)/t16-/m1/s1. The predicted octanol–water partition coefficient (Wildman–Crippen LogP) is 4.03. The van der Waals surface area contributed by atoms with Gasteiger partial charge in [-0.25, -0.2) is 4.79 Å². The minimum Gasteiger partial charge on any atom is -0.497 e. The van der Waals surface area contributed by atoms with Crippen LogP contribution in [0.4, 0.5) is 10.5 Å². The van der Waals surface area contributed by atoms with Gasteiger partial charge in [-0.15, -0.1) is 0 Å². The quantitative estimate of drug-likeness (QED) is 0.930. The molecular weight excluding hydrogens is 288 g/mol. The second-order valence-electron chi connectivity index (χ2n) is 5.95. The Morgan fingerprint density at radius 2 is 1.91 bits per heavy atom. The Kier molecular flexibility index (Phi) is 4.51. The predicted molar refractivity (Wildman–Crippen MR) is 92.1 cm³/mol. The van der Waals surface area contributed by atoms with Crippen LogP contribution in [0, 0.1) is 6.92 Å². The number of hydrogen-bond acceptors (Lipinski definition) is 2. The maximum atomic E-state index is 12.4. The van der Waals surface area contributed by atoms with Crippen molar-refractivity contribution in [3.63, 3.8) is 0 Å². The lowest BCUT2D eigenvalue weighted by molar-refractivity contribution is 0.222. The van der Waals surface area contributed by atoms with Crippen LogP contribution < -0.4 is 10.1 Å². The summed E-state index contributed by atoms with van der Waals surface area (Å²) in [4.78, 5) is 14.3. The minimum absolute atomic E-state index is 0.0182. The molecule has 23 heavy (non-hydrogen) atoms. The molecule has 2 aromatic carbocycles. The number of urea groups is 1. The number of likely N-dealkylation sites (tertiary alicyclic amines) is 1. The third kappa shape index (κ3) is 3.47. The second kappa shape index (κ2) is 6.73. The number of carbonyl (C=O) groups is 1. The Hall–Kier alpha value is -2.49. The van der Waals surface area contributed by atoms with E-state index in [4.69, 9.17) is 4.74 Å². The average Bonchev–Trinajstić information content (AvgIpc) is 3.07. The molecule has 2 aromatic rings. The zero-order valence-corrected chi connectivity index (χ0v) is 13.6. The Labute approximate surface area is 137 Å². The smallest absolute Gasteiger partial charge is 0.321 e. The molecule has 1 heterocycles. The maximum Gasteiger partial charge on any atom is 0.321 e. The molecule has 4 heteroatoms. The van der Waals surface area contributed by atoms with Crippen LogP contribution in [0.1, 0.15) is 23.5 Å². The van der Waals surface area contributed by atoms with Gasteiger partial charge < -0.3 is 15.0 Å². The highest BCUT2D eigenvalue weighted by Gasteiger charge is 2.27. The van der Waals surface area contributed by atoms with Crippen molar-refractivity contribution >= 4 is 11.7 Å². The van der Waals surface area contributed by atoms with Crippen molar-refractivity contribution < 1.29 is 9.53 Å². The number of methoxy groups -OCH3 is 1. The number of rotatable bonds is 3. The van der Waals surface area contributed by atoms with E-state index in [0.717, 1.165) is 36.5 Å². The van der Waals surface area contributed by atoms with Gasteiger partial charge in [-0.3, -0.25) is 0 Å². The first-order valence-electron chi connectivity index (χ1n) is 7.93. The summed E-state index contributed by atoms with van der Waals surface area (Å²) in [6, 6.07) is 16.0. The molecule has 3 rings (SSSR count). The highest BCUT2D eigenvalue weighted by molar-refractivity contribution is 5.90. The Morgan fingerprint density at radius 1 is 1.17 bits per heavy atom. The van der Waals surface area contributed by atoms with E-state index in [1.165, 1.54) is 5.56 Å². The summed E-state index contributed by atoms with van der Waals surface area (Å²) in [5, 5.41) is 3.01. The average molecular weight is 310 g/mol. The second-order valence-corrected chi connectivity index (χ2v) is 5.95. The minimum atomic E-state index is -0.0182. The van der Waals surface area contributed by atoms with E-state index in [-0.39, 0.29) is 6.03 Å². The van der Waals surface area contributed by atoms with Gasteiger partial charge in [0.1, 0.15) is 5.75 Å². The van der Waals surface area contributed by atoms with Gasteiger partial charge in [-0.1, -0.05) is 30.3 Å². The SMILES string of the molecule is COc1ccc([C@@H]2CCN(C(=O)Nc3ccccc3C)C2)cc1. The highest BCUT2D eigenvalue weighted by Crippen LogP contribution is 2.29. The first-order chi connectivity index (χ1) is 11.2. The van der Waals surface area contributed by atoms with Crippen molar-refractivity contribution in [2.24, 2.45) is 0 Å². The van der Waals surface area contributed by atoms with Crippen molar-refractivity contribution in [1.82, 2.24) is 4.90 Å². The molecule has 0 spiro atoms. The van der Waals surface area contributed by atoms with Gasteiger partial charge >= 0.3 is 6.03 Å². The number of anilines is 1. The molecule has 0 saturated carbocycles. The summed E-state index contributed by atoms with van der Waals surface area (Å²) >= 11 is 0. The zero-order chi connectivity index (χ0) is 16.2. The van der Waals surface area contributed by atoms with Crippen molar-refractivity contribution in [1.29, 1.82) is 0 Å². The van der Waals surface area contributed by atoms with Gasteiger partial charge in [-0.2, -0.15) is 0 Å². The number of para-hydroxylation sites is 1. The van der Waals surface area contributed by atoms with E-state index in [9.17, 15) is 4.79 Å². The summed E-state index contributed by atoms with van der Waals surface area (Å²) in [6.07, 6.45) is 0.994. The number of hydrogen-bond donors (Lipinski definition) is 1. The lowest BCUT2D eigenvalue weighted by Crippen LogP contribution is -2.33. The fourth-order valence-corrected chi connectivity index (χ4v) is 3.00. The molecule has 1 fully saturated rings. The molecule has 0 aromatic heterocycles. The van der Waals surface area contributed by atoms with Gasteiger partial charge in [0.25, 0.3) is 0 Å². The first-order valence-corrected chi connectivity index (χ1v) is 7.93. The lowest BCUT2D eigenvalue weighted by atomic mass is 9.98. The van der Waals surface area contributed by atoms with E-state index < -0.39 is 0 Å². The first kappa shape index (κ1) is 15.4. The number of amides is 2. The van der Waals surface area contributed by atoms with Crippen LogP contribution in [-0.2, 0) is 0 Å². The molecule has 1 atom stereocenters. The van der Waals surface area contributed by atoms with Crippen LogP contribution in [0.3, 0.4) is 0 Å². The van der Waals surface area contributed by atoms with Crippen molar-refractivity contribution in [3.05, 3.63) is 59.7 Å². The molecule has 1 aliphatic rings. The summed E-state index contributed by atoms with van der Waals surface area (Å²) in [7, 11) is 1.67. The van der Waals surface area contributed by atoms with Gasteiger partial charge in [-0.05, 0) is 42.7 Å². The van der Waals surface area contributed by atoms with Crippen LogP contribution in [-0.4, -0.2) is 31.1 Å². The van der Waals surface area contributed by atoms with Crippen molar-refractivity contribution in [2.75, 3.05) is 25.5 Å². The molecule has 2 amide bonds. The summed E-state index contributed by atoms with van der Waals surface area (Å²) in [5.41, 5.74) is 3.22. The third-order valence-electron chi connectivity index (χ3n) is 4.45. The Morgan fingerprint density at radius 3 is 2.61 bits per heavy atom. The van der Waals surface area contributed by atoms with E-state index in [0.29, 0.717) is 5.92 Å². The molecule has 0 bridgehead atoms. The van der Waals surface area contributed by atoms with Gasteiger partial charge in [0.05, 0.1) is 7.11 Å². The van der Waals surface area contributed by atoms with Crippen molar-refractivity contribution in [2.45, 2.75) is 19.3 Å². The van der Waals surface area contributed by atoms with E-state index >= 15 is 0 Å². The number of benzene rings is 2. The molecule has 1 aliphatic heterocycles. The van der Waals surface area contributed by atoms with Crippen LogP contribution >= 0.6 is 0 Å². The monoisotopic (exact) mass is 310 g/mol. The Balaban J connectivity index is 1.62. The number of aryl methyl sites for hydroxylation is 1. The third-order valence-corrected chi connectivity index (χ3v) is 4.45. The Bertz CT molecular complexity index is 682. The van der Waals surface area contributed by atoms with Crippen LogP contribution in [0.2, 0.25) is 0 Å². The normalized spacial score (nSPS) is 17.1. The van der Waals surface area contributed by atoms with Crippen LogP contribution in [0.15, 0.2) is 48.5 Å². The fourth-order valence-electron chi connectivity index (χ4n) is 3.00. The molecule has 0 unspecified atom stereocenters. The maximum absolute atomic E-state index is 12.4. The number of ether oxygens (including phenoxy) is 1. The van der Waals surface area contributed by atoms with Gasteiger partial charge in [0.15, 0.2) is 0 Å². The molecule has 1 N–H and O–H groups in total. The summed E-state index contributed by atoms with van der Waals surface area (Å²) < 4.78 is 5.19. The highest BCUT2D eigenvalue weighted by atomic mass is 16.5. The number of nitrogens with one attached hydrogen (secondary N) is 1. The zero-order valence-electron chi connectivity index (χ0n) is 13.6. The summed E-state index contributed by atoms with van der Waals surface area (Å²) in [5.74, 6) is 1.25. The topological polar surface area (TPSA) is 41.6 Å². The van der Waals surface area contributed by atoms with E-state index in [1.807, 2.05) is 48.2 Å². The van der Waals surface area contributed by atoms with E-state index in [2.05, 4.69) is 17.4 Å².